The minimum atomic E-state index is -4.31. The van der Waals surface area contributed by atoms with E-state index in [4.69, 9.17) is 0 Å². The SMILES string of the molecule is O=C1NCCCC1NC(=O)C1CN(C(=O)CS(=O)(=O)c2ccccc2)CCN1S(=O)(=O)c1ccc(F)cc1. The lowest BCUT2D eigenvalue weighted by molar-refractivity contribution is -0.136. The zero-order valence-electron chi connectivity index (χ0n) is 20.2. The van der Waals surface area contributed by atoms with Crippen molar-refractivity contribution in [1.29, 1.82) is 0 Å². The Morgan fingerprint density at radius 2 is 1.66 bits per heavy atom. The van der Waals surface area contributed by atoms with Crippen LogP contribution in [-0.4, -0.2) is 87.8 Å². The van der Waals surface area contributed by atoms with Gasteiger partial charge in [-0.1, -0.05) is 18.2 Å². The Balaban J connectivity index is 1.58. The highest BCUT2D eigenvalue weighted by molar-refractivity contribution is 7.92. The summed E-state index contributed by atoms with van der Waals surface area (Å²) in [5, 5.41) is 5.19. The molecule has 2 aromatic carbocycles. The highest BCUT2D eigenvalue weighted by Gasteiger charge is 2.43. The maximum Gasteiger partial charge on any atom is 0.243 e. The second-order valence-electron chi connectivity index (χ2n) is 8.99. The van der Waals surface area contributed by atoms with Crippen LogP contribution < -0.4 is 10.6 Å². The van der Waals surface area contributed by atoms with Gasteiger partial charge in [0.15, 0.2) is 9.84 Å². The van der Waals surface area contributed by atoms with E-state index in [1.807, 2.05) is 0 Å². The van der Waals surface area contributed by atoms with Crippen LogP contribution >= 0.6 is 0 Å². The first-order valence-electron chi connectivity index (χ1n) is 11.9. The normalized spacial score (nSPS) is 21.0. The van der Waals surface area contributed by atoms with Crippen molar-refractivity contribution in [3.05, 3.63) is 60.4 Å². The molecule has 38 heavy (non-hydrogen) atoms. The number of carbonyl (C=O) groups excluding carboxylic acids is 3. The zero-order chi connectivity index (χ0) is 27.5. The van der Waals surface area contributed by atoms with Gasteiger partial charge in [-0.2, -0.15) is 4.31 Å². The van der Waals surface area contributed by atoms with Gasteiger partial charge in [-0.05, 0) is 49.2 Å². The molecule has 0 aromatic heterocycles. The van der Waals surface area contributed by atoms with E-state index in [-0.39, 0.29) is 22.9 Å². The van der Waals surface area contributed by atoms with Gasteiger partial charge in [0.1, 0.15) is 23.7 Å². The van der Waals surface area contributed by atoms with Crippen molar-refractivity contribution in [2.75, 3.05) is 31.9 Å². The predicted octanol–water partition coefficient (Wildman–Crippen LogP) is -0.104. The van der Waals surface area contributed by atoms with Gasteiger partial charge in [-0.3, -0.25) is 14.4 Å². The van der Waals surface area contributed by atoms with E-state index in [9.17, 15) is 35.6 Å². The largest absolute Gasteiger partial charge is 0.354 e. The maximum absolute atomic E-state index is 13.4. The molecule has 0 saturated carbocycles. The van der Waals surface area contributed by atoms with E-state index < -0.39 is 67.8 Å². The second-order valence-corrected chi connectivity index (χ2v) is 12.9. The third kappa shape index (κ3) is 6.03. The topological polar surface area (TPSA) is 150 Å². The van der Waals surface area contributed by atoms with Gasteiger partial charge >= 0.3 is 0 Å². The molecule has 2 aliphatic rings. The Hall–Kier alpha value is -3.36. The molecule has 204 valence electrons. The number of piperazine rings is 1. The number of carbonyl (C=O) groups is 3. The summed E-state index contributed by atoms with van der Waals surface area (Å²) < 4.78 is 66.6. The standard InChI is InChI=1S/C24H27FN4O7S2/c25-17-8-10-19(11-9-17)38(35,36)29-14-13-28(22(30)16-37(33,34)18-5-2-1-3-6-18)15-21(29)24(32)27-20-7-4-12-26-23(20)31/h1-3,5-6,8-11,20-21H,4,7,12-16H2,(H,26,31)(H,27,32). The Bertz CT molecular complexity index is 1420. The molecule has 2 unspecified atom stereocenters. The molecular formula is C24H27FN4O7S2. The molecule has 0 aliphatic carbocycles. The molecule has 2 aromatic rings. The number of nitrogens with one attached hydrogen (secondary N) is 2. The van der Waals surface area contributed by atoms with E-state index in [0.717, 1.165) is 33.5 Å². The lowest BCUT2D eigenvalue weighted by Crippen LogP contribution is -2.63. The Morgan fingerprint density at radius 1 is 0.974 bits per heavy atom. The smallest absolute Gasteiger partial charge is 0.243 e. The van der Waals surface area contributed by atoms with Crippen molar-refractivity contribution in [2.24, 2.45) is 0 Å². The number of benzene rings is 2. The molecule has 2 saturated heterocycles. The fourth-order valence-corrected chi connectivity index (χ4v) is 7.20. The van der Waals surface area contributed by atoms with Crippen LogP contribution in [0.5, 0.6) is 0 Å². The van der Waals surface area contributed by atoms with Crippen LogP contribution in [0.15, 0.2) is 64.4 Å². The molecule has 0 spiro atoms. The first kappa shape index (κ1) is 27.7. The molecule has 2 N–H and O–H groups in total. The quantitative estimate of drug-likeness (QED) is 0.475. The number of nitrogens with zero attached hydrogens (tertiary/aromatic N) is 2. The fourth-order valence-electron chi connectivity index (χ4n) is 4.38. The molecule has 2 heterocycles. The number of piperidine rings is 1. The van der Waals surface area contributed by atoms with Crippen molar-refractivity contribution in [3.63, 3.8) is 0 Å². The van der Waals surface area contributed by atoms with E-state index in [0.29, 0.717) is 19.4 Å². The van der Waals surface area contributed by atoms with Gasteiger partial charge < -0.3 is 15.5 Å². The zero-order valence-corrected chi connectivity index (χ0v) is 21.9. The first-order chi connectivity index (χ1) is 18.0. The highest BCUT2D eigenvalue weighted by atomic mass is 32.2. The van der Waals surface area contributed by atoms with Gasteiger partial charge in [0.05, 0.1) is 9.79 Å². The molecule has 4 rings (SSSR count). The minimum absolute atomic E-state index is 0.0384. The van der Waals surface area contributed by atoms with E-state index in [1.165, 1.54) is 24.3 Å². The average molecular weight is 567 g/mol. The summed E-state index contributed by atoms with van der Waals surface area (Å²) >= 11 is 0. The fraction of sp³-hybridized carbons (Fsp3) is 0.375. The number of amides is 3. The van der Waals surface area contributed by atoms with Gasteiger partial charge in [-0.25, -0.2) is 21.2 Å². The average Bonchev–Trinajstić information content (AvgIpc) is 2.90. The summed E-state index contributed by atoms with van der Waals surface area (Å²) in [6.07, 6.45) is 0.966. The van der Waals surface area contributed by atoms with Crippen LogP contribution in [0.3, 0.4) is 0 Å². The molecule has 0 bridgehead atoms. The molecule has 2 aliphatic heterocycles. The number of hydrogen-bond acceptors (Lipinski definition) is 7. The first-order valence-corrected chi connectivity index (χ1v) is 15.0. The molecule has 2 fully saturated rings. The summed E-state index contributed by atoms with van der Waals surface area (Å²) in [7, 11) is -8.28. The number of halogens is 1. The predicted molar refractivity (Wildman–Crippen MR) is 133 cm³/mol. The van der Waals surface area contributed by atoms with Crippen LogP contribution in [0, 0.1) is 5.82 Å². The van der Waals surface area contributed by atoms with Gasteiger partial charge in [0, 0.05) is 26.2 Å². The summed E-state index contributed by atoms with van der Waals surface area (Å²) in [6.45, 7) is -0.454. The van der Waals surface area contributed by atoms with E-state index >= 15 is 0 Å². The van der Waals surface area contributed by atoms with Crippen LogP contribution in [0.25, 0.3) is 0 Å². The van der Waals surface area contributed by atoms with Crippen LogP contribution in [-0.2, 0) is 34.2 Å². The molecular weight excluding hydrogens is 539 g/mol. The summed E-state index contributed by atoms with van der Waals surface area (Å²) in [6, 6.07) is 9.17. The third-order valence-corrected chi connectivity index (χ3v) is 9.96. The van der Waals surface area contributed by atoms with Gasteiger partial charge in [0.2, 0.25) is 27.7 Å². The molecule has 2 atom stereocenters. The van der Waals surface area contributed by atoms with Crippen molar-refractivity contribution in [2.45, 2.75) is 34.7 Å². The number of hydrogen-bond donors (Lipinski definition) is 2. The van der Waals surface area contributed by atoms with Gasteiger partial charge in [-0.15, -0.1) is 0 Å². The summed E-state index contributed by atoms with van der Waals surface area (Å²) in [4.78, 5) is 39.3. The second kappa shape index (κ2) is 11.2. The van der Waals surface area contributed by atoms with Crippen molar-refractivity contribution >= 4 is 37.6 Å². The lowest BCUT2D eigenvalue weighted by Gasteiger charge is -2.40. The monoisotopic (exact) mass is 566 g/mol. The molecule has 14 heteroatoms. The third-order valence-electron chi connectivity index (χ3n) is 6.42. The highest BCUT2D eigenvalue weighted by Crippen LogP contribution is 2.23. The number of sulfonamides is 1. The Kier molecular flexibility index (Phi) is 8.13. The van der Waals surface area contributed by atoms with Crippen molar-refractivity contribution in [1.82, 2.24) is 19.8 Å². The lowest BCUT2D eigenvalue weighted by atomic mass is 10.1. The maximum atomic E-state index is 13.4. The van der Waals surface area contributed by atoms with Crippen molar-refractivity contribution in [3.8, 4) is 0 Å². The molecule has 3 amide bonds. The number of sulfone groups is 1. The molecule has 0 radical (unpaired) electrons. The van der Waals surface area contributed by atoms with Gasteiger partial charge in [0.25, 0.3) is 0 Å². The van der Waals surface area contributed by atoms with E-state index in [2.05, 4.69) is 10.6 Å². The Labute approximate surface area is 220 Å². The van der Waals surface area contributed by atoms with Crippen molar-refractivity contribution < 1.29 is 35.6 Å². The van der Waals surface area contributed by atoms with E-state index in [1.54, 1.807) is 6.07 Å². The van der Waals surface area contributed by atoms with Crippen LogP contribution in [0.4, 0.5) is 4.39 Å². The summed E-state index contributed by atoms with van der Waals surface area (Å²) in [5.74, 6) is -3.50. The van der Waals surface area contributed by atoms with Crippen LogP contribution in [0.2, 0.25) is 0 Å². The number of rotatable bonds is 7. The minimum Gasteiger partial charge on any atom is -0.354 e. The molecule has 11 nitrogen and oxygen atoms in total. The van der Waals surface area contributed by atoms with Crippen LogP contribution in [0.1, 0.15) is 12.8 Å². The summed E-state index contributed by atoms with van der Waals surface area (Å²) in [5.41, 5.74) is 0. The Morgan fingerprint density at radius 3 is 2.32 bits per heavy atom.